The van der Waals surface area contributed by atoms with E-state index < -0.39 is 0 Å². The molecule has 1 saturated heterocycles. The van der Waals surface area contributed by atoms with Crippen molar-refractivity contribution in [1.82, 2.24) is 4.90 Å². The van der Waals surface area contributed by atoms with Crippen molar-refractivity contribution < 1.29 is 9.59 Å². The molecule has 0 spiro atoms. The van der Waals surface area contributed by atoms with Gasteiger partial charge in [-0.05, 0) is 87.6 Å². The van der Waals surface area contributed by atoms with Gasteiger partial charge in [0.25, 0.3) is 11.1 Å². The van der Waals surface area contributed by atoms with E-state index in [0.29, 0.717) is 15.8 Å². The minimum Gasteiger partial charge on any atom is -0.366 e. The van der Waals surface area contributed by atoms with Crippen LogP contribution in [0.3, 0.4) is 0 Å². The Morgan fingerprint density at radius 1 is 1.32 bits per heavy atom. The maximum absolute atomic E-state index is 12.7. The van der Waals surface area contributed by atoms with Gasteiger partial charge in [0.15, 0.2) is 0 Å². The summed E-state index contributed by atoms with van der Waals surface area (Å²) >= 11 is 7.62. The van der Waals surface area contributed by atoms with Gasteiger partial charge in [0.05, 0.1) is 4.91 Å². The zero-order chi connectivity index (χ0) is 20.8. The lowest BCUT2D eigenvalue weighted by molar-refractivity contribution is -0.124. The minimum atomic E-state index is -0.220. The van der Waals surface area contributed by atoms with Crippen molar-refractivity contribution in [3.8, 4) is 0 Å². The molecule has 1 fully saturated rings. The van der Waals surface area contributed by atoms with Crippen LogP contribution in [-0.2, 0) is 4.79 Å². The summed E-state index contributed by atoms with van der Waals surface area (Å²) in [5.41, 5.74) is 3.29. The molecule has 0 radical (unpaired) electrons. The molecule has 0 N–H and O–H groups in total. The summed E-state index contributed by atoms with van der Waals surface area (Å²) in [7, 11) is 0. The number of benzene rings is 1. The topological polar surface area (TPSA) is 40.6 Å². The molecule has 0 saturated carbocycles. The average Bonchev–Trinajstić information content (AvgIpc) is 2.89. The van der Waals surface area contributed by atoms with Crippen LogP contribution in [-0.4, -0.2) is 34.2 Å². The van der Waals surface area contributed by atoms with Crippen LogP contribution in [0, 0.1) is 0 Å². The summed E-state index contributed by atoms with van der Waals surface area (Å²) in [5.74, 6) is 0.176. The number of hydrogen-bond donors (Lipinski definition) is 0. The smallest absolute Gasteiger partial charge is 0.293 e. The Kier molecular flexibility index (Phi) is 5.88. The molecule has 2 unspecified atom stereocenters. The van der Waals surface area contributed by atoms with Crippen molar-refractivity contribution in [3.63, 3.8) is 0 Å². The van der Waals surface area contributed by atoms with Gasteiger partial charge in [-0.2, -0.15) is 0 Å². The third-order valence-corrected chi connectivity index (χ3v) is 7.17. The molecule has 2 aliphatic rings. The number of carbonyl (C=O) groups is 2. The molecular formula is C22H29ClN2O2S. The van der Waals surface area contributed by atoms with Gasteiger partial charge in [-0.15, -0.1) is 0 Å². The van der Waals surface area contributed by atoms with E-state index in [1.165, 1.54) is 16.2 Å². The van der Waals surface area contributed by atoms with Crippen molar-refractivity contribution in [2.75, 3.05) is 11.4 Å². The second kappa shape index (κ2) is 7.75. The Bertz CT molecular complexity index is 849. The molecule has 0 bridgehead atoms. The summed E-state index contributed by atoms with van der Waals surface area (Å²) in [4.78, 5) is 29.2. The van der Waals surface area contributed by atoms with Crippen molar-refractivity contribution >= 4 is 46.3 Å². The number of rotatable bonds is 4. The molecule has 2 heterocycles. The highest BCUT2D eigenvalue weighted by Crippen LogP contribution is 2.46. The maximum atomic E-state index is 12.7. The van der Waals surface area contributed by atoms with Crippen LogP contribution in [0.15, 0.2) is 17.0 Å². The molecule has 0 aromatic heterocycles. The third kappa shape index (κ3) is 3.59. The highest BCUT2D eigenvalue weighted by atomic mass is 35.5. The van der Waals surface area contributed by atoms with E-state index in [-0.39, 0.29) is 22.7 Å². The van der Waals surface area contributed by atoms with Gasteiger partial charge in [0.1, 0.15) is 0 Å². The standard InChI is InChI=1S/C22H29ClN2O2S/c1-7-14(4)25-20(26)19(28-21(25)27)10-15-9-16-13(3)12-22(5,6)24(8-2)18(16)11-17(15)23/h9-11,13-14H,7-8,12H2,1-6H3/b19-10-. The SMILES string of the molecule is CCC(C)N1C(=O)S/C(=C\c2cc3c(cc2Cl)N(CC)C(C)(C)CC3C)C1=O. The van der Waals surface area contributed by atoms with Gasteiger partial charge in [0, 0.05) is 28.8 Å². The lowest BCUT2D eigenvalue weighted by Crippen LogP contribution is -2.48. The molecule has 4 nitrogen and oxygen atoms in total. The molecule has 6 heteroatoms. The van der Waals surface area contributed by atoms with Crippen molar-refractivity contribution in [3.05, 3.63) is 33.2 Å². The predicted octanol–water partition coefficient (Wildman–Crippen LogP) is 6.29. The van der Waals surface area contributed by atoms with Gasteiger partial charge >= 0.3 is 0 Å². The largest absolute Gasteiger partial charge is 0.366 e. The summed E-state index contributed by atoms with van der Waals surface area (Å²) in [5, 5.41) is 0.407. The number of nitrogens with zero attached hydrogens (tertiary/aromatic N) is 2. The Labute approximate surface area is 177 Å². The number of hydrogen-bond acceptors (Lipinski definition) is 4. The Hall–Kier alpha value is -1.46. The third-order valence-electron chi connectivity index (χ3n) is 5.96. The number of thioether (sulfide) groups is 1. The van der Waals surface area contributed by atoms with E-state index in [0.717, 1.165) is 36.7 Å². The maximum Gasteiger partial charge on any atom is 0.293 e. The molecule has 2 atom stereocenters. The Balaban J connectivity index is 2.02. The second-order valence-corrected chi connectivity index (χ2v) is 9.80. The number of anilines is 1. The van der Waals surface area contributed by atoms with Crippen LogP contribution in [0.25, 0.3) is 6.08 Å². The summed E-state index contributed by atoms with van der Waals surface area (Å²) in [6, 6.07) is 4.01. The van der Waals surface area contributed by atoms with Crippen LogP contribution in [0.4, 0.5) is 10.5 Å². The lowest BCUT2D eigenvalue weighted by atomic mass is 9.79. The minimum absolute atomic E-state index is 0.0744. The number of imide groups is 1. The molecular weight excluding hydrogens is 392 g/mol. The number of halogens is 1. The first-order valence-electron chi connectivity index (χ1n) is 9.98. The van der Waals surface area contributed by atoms with Crippen molar-refractivity contribution in [2.45, 2.75) is 71.9 Å². The molecule has 1 aromatic rings. The fourth-order valence-corrected chi connectivity index (χ4v) is 5.55. The first-order valence-corrected chi connectivity index (χ1v) is 11.2. The van der Waals surface area contributed by atoms with Gasteiger partial charge in [-0.25, -0.2) is 0 Å². The monoisotopic (exact) mass is 420 g/mol. The molecule has 28 heavy (non-hydrogen) atoms. The van der Waals surface area contributed by atoms with E-state index in [1.54, 1.807) is 6.08 Å². The van der Waals surface area contributed by atoms with E-state index in [2.05, 4.69) is 38.7 Å². The van der Waals surface area contributed by atoms with Gasteiger partial charge in [-0.3, -0.25) is 14.5 Å². The van der Waals surface area contributed by atoms with E-state index >= 15 is 0 Å². The van der Waals surface area contributed by atoms with E-state index in [1.807, 2.05) is 19.9 Å². The Morgan fingerprint density at radius 2 is 2.00 bits per heavy atom. The molecule has 0 aliphatic carbocycles. The van der Waals surface area contributed by atoms with Gasteiger partial charge < -0.3 is 4.90 Å². The van der Waals surface area contributed by atoms with Crippen molar-refractivity contribution in [2.24, 2.45) is 0 Å². The van der Waals surface area contributed by atoms with Gasteiger partial charge in [0.2, 0.25) is 0 Å². The second-order valence-electron chi connectivity index (χ2n) is 8.40. The number of carbonyl (C=O) groups excluding carboxylic acids is 2. The van der Waals surface area contributed by atoms with Crippen LogP contribution in [0.5, 0.6) is 0 Å². The first kappa shape index (κ1) is 21.3. The quantitative estimate of drug-likeness (QED) is 0.537. The summed E-state index contributed by atoms with van der Waals surface area (Å²) < 4.78 is 0. The van der Waals surface area contributed by atoms with Gasteiger partial charge in [-0.1, -0.05) is 25.4 Å². The van der Waals surface area contributed by atoms with Crippen LogP contribution in [0.2, 0.25) is 5.02 Å². The van der Waals surface area contributed by atoms with Crippen LogP contribution < -0.4 is 4.90 Å². The molecule has 3 rings (SSSR count). The normalized spacial score (nSPS) is 24.1. The van der Waals surface area contributed by atoms with Crippen molar-refractivity contribution in [1.29, 1.82) is 0 Å². The number of fused-ring (bicyclic) bond motifs is 1. The summed E-state index contributed by atoms with van der Waals surface area (Å²) in [6.45, 7) is 13.7. The zero-order valence-corrected chi connectivity index (χ0v) is 19.1. The lowest BCUT2D eigenvalue weighted by Gasteiger charge is -2.47. The van der Waals surface area contributed by atoms with Crippen LogP contribution in [0.1, 0.15) is 71.4 Å². The van der Waals surface area contributed by atoms with E-state index in [9.17, 15) is 9.59 Å². The van der Waals surface area contributed by atoms with E-state index in [4.69, 9.17) is 11.6 Å². The predicted molar refractivity (Wildman–Crippen MR) is 119 cm³/mol. The molecule has 2 aliphatic heterocycles. The van der Waals surface area contributed by atoms with Crippen LogP contribution >= 0.6 is 23.4 Å². The molecule has 152 valence electrons. The highest BCUT2D eigenvalue weighted by molar-refractivity contribution is 8.18. The zero-order valence-electron chi connectivity index (χ0n) is 17.5. The molecule has 2 amide bonds. The average molecular weight is 421 g/mol. The first-order chi connectivity index (χ1) is 13.1. The highest BCUT2D eigenvalue weighted by Gasteiger charge is 2.38. The number of amides is 2. The Morgan fingerprint density at radius 3 is 2.61 bits per heavy atom. The molecule has 1 aromatic carbocycles. The summed E-state index contributed by atoms with van der Waals surface area (Å²) in [6.07, 6.45) is 3.57. The fraction of sp³-hybridized carbons (Fsp3) is 0.545. The fourth-order valence-electron chi connectivity index (χ4n) is 4.41.